The second-order valence-corrected chi connectivity index (χ2v) is 5.31. The van der Waals surface area contributed by atoms with Gasteiger partial charge in [0.25, 0.3) is 0 Å². The summed E-state index contributed by atoms with van der Waals surface area (Å²) in [5, 5.41) is 0.992. The summed E-state index contributed by atoms with van der Waals surface area (Å²) in [6, 6.07) is 0. The highest BCUT2D eigenvalue weighted by Gasteiger charge is 2.25. The van der Waals surface area contributed by atoms with Gasteiger partial charge in [-0.05, 0) is 44.4 Å². The lowest BCUT2D eigenvalue weighted by molar-refractivity contribution is -0.150. The molecule has 88 valence electrons. The molecule has 0 atom stereocenters. The van der Waals surface area contributed by atoms with E-state index in [9.17, 15) is 4.79 Å². The van der Waals surface area contributed by atoms with Gasteiger partial charge in [0.2, 0.25) is 0 Å². The first-order valence-corrected chi connectivity index (χ1v) is 7.08. The van der Waals surface area contributed by atoms with Crippen molar-refractivity contribution < 1.29 is 9.53 Å². The normalized spacial score (nSPS) is 26.3. The first-order valence-electron chi connectivity index (χ1n) is 5.96. The smallest absolute Gasteiger partial charge is 0.308 e. The Morgan fingerprint density at radius 1 is 1.27 bits per heavy atom. The summed E-state index contributed by atoms with van der Waals surface area (Å²) in [6.07, 6.45) is 6.47. The molecule has 1 aliphatic carbocycles. The van der Waals surface area contributed by atoms with Gasteiger partial charge in [0.1, 0.15) is 0 Å². The van der Waals surface area contributed by atoms with Crippen molar-refractivity contribution in [2.75, 3.05) is 11.9 Å². The maximum atomic E-state index is 11.6. The number of unbranched alkanes of at least 4 members (excludes halogenated alkanes) is 1. The van der Waals surface area contributed by atoms with Crippen LogP contribution in [-0.4, -0.2) is 17.9 Å². The van der Waals surface area contributed by atoms with E-state index in [1.807, 2.05) is 0 Å². The van der Waals surface area contributed by atoms with Gasteiger partial charge in [-0.1, -0.05) is 22.9 Å². The molecule has 1 saturated carbocycles. The third kappa shape index (κ3) is 5.01. The number of alkyl halides is 1. The molecule has 0 heterocycles. The molecule has 0 aromatic heterocycles. The zero-order chi connectivity index (χ0) is 11.1. The molecule has 0 unspecified atom stereocenters. The maximum Gasteiger partial charge on any atom is 0.308 e. The van der Waals surface area contributed by atoms with Gasteiger partial charge in [0, 0.05) is 5.33 Å². The van der Waals surface area contributed by atoms with Gasteiger partial charge >= 0.3 is 5.97 Å². The lowest BCUT2D eigenvalue weighted by Gasteiger charge is -2.24. The van der Waals surface area contributed by atoms with Crippen LogP contribution >= 0.6 is 15.9 Å². The third-order valence-corrected chi connectivity index (χ3v) is 3.68. The topological polar surface area (TPSA) is 26.3 Å². The zero-order valence-electron chi connectivity index (χ0n) is 9.51. The predicted molar refractivity (Wildman–Crippen MR) is 65.1 cm³/mol. The Morgan fingerprint density at radius 2 is 1.93 bits per heavy atom. The Labute approximate surface area is 101 Å². The van der Waals surface area contributed by atoms with Gasteiger partial charge in [0.15, 0.2) is 0 Å². The highest BCUT2D eigenvalue weighted by molar-refractivity contribution is 9.09. The van der Waals surface area contributed by atoms with Crippen LogP contribution in [0, 0.1) is 11.8 Å². The zero-order valence-corrected chi connectivity index (χ0v) is 11.1. The van der Waals surface area contributed by atoms with Crippen LogP contribution in [0.15, 0.2) is 0 Å². The third-order valence-electron chi connectivity index (χ3n) is 3.12. The van der Waals surface area contributed by atoms with Crippen molar-refractivity contribution in [1.29, 1.82) is 0 Å². The molecular weight excluding hydrogens is 256 g/mol. The SMILES string of the molecule is CC1CCC(C(=O)OCCCCBr)CC1. The van der Waals surface area contributed by atoms with Gasteiger partial charge in [0.05, 0.1) is 12.5 Å². The molecule has 0 aromatic carbocycles. The summed E-state index contributed by atoms with van der Waals surface area (Å²) in [5.41, 5.74) is 0. The molecule has 2 nitrogen and oxygen atoms in total. The van der Waals surface area contributed by atoms with Crippen molar-refractivity contribution in [3.63, 3.8) is 0 Å². The van der Waals surface area contributed by atoms with Crippen LogP contribution in [0.1, 0.15) is 45.4 Å². The second-order valence-electron chi connectivity index (χ2n) is 4.52. The Bertz CT molecular complexity index is 186. The number of halogens is 1. The Balaban J connectivity index is 2.11. The molecule has 0 radical (unpaired) electrons. The second kappa shape index (κ2) is 7.26. The van der Waals surface area contributed by atoms with Crippen LogP contribution in [0.3, 0.4) is 0 Å². The van der Waals surface area contributed by atoms with E-state index in [0.717, 1.165) is 36.9 Å². The van der Waals surface area contributed by atoms with Crippen LogP contribution < -0.4 is 0 Å². The van der Waals surface area contributed by atoms with Crippen LogP contribution in [0.25, 0.3) is 0 Å². The first kappa shape index (κ1) is 13.0. The first-order chi connectivity index (χ1) is 7.24. The molecule has 0 saturated heterocycles. The van der Waals surface area contributed by atoms with E-state index in [4.69, 9.17) is 4.74 Å². The molecule has 0 N–H and O–H groups in total. The minimum Gasteiger partial charge on any atom is -0.465 e. The number of carbonyl (C=O) groups excluding carboxylic acids is 1. The summed E-state index contributed by atoms with van der Waals surface area (Å²) < 4.78 is 5.26. The van der Waals surface area contributed by atoms with Gasteiger partial charge in [-0.15, -0.1) is 0 Å². The largest absolute Gasteiger partial charge is 0.465 e. The van der Waals surface area contributed by atoms with E-state index < -0.39 is 0 Å². The minimum absolute atomic E-state index is 0.0384. The molecule has 0 spiro atoms. The molecule has 1 fully saturated rings. The summed E-state index contributed by atoms with van der Waals surface area (Å²) in [5.74, 6) is 1.02. The summed E-state index contributed by atoms with van der Waals surface area (Å²) in [4.78, 5) is 11.6. The number of esters is 1. The van der Waals surface area contributed by atoms with Gasteiger partial charge < -0.3 is 4.74 Å². The Morgan fingerprint density at radius 3 is 2.53 bits per heavy atom. The number of hydrogen-bond donors (Lipinski definition) is 0. The molecular formula is C12H21BrO2. The maximum absolute atomic E-state index is 11.6. The fraction of sp³-hybridized carbons (Fsp3) is 0.917. The van der Waals surface area contributed by atoms with Crippen molar-refractivity contribution >= 4 is 21.9 Å². The predicted octanol–water partition coefficient (Wildman–Crippen LogP) is 3.53. The van der Waals surface area contributed by atoms with E-state index in [-0.39, 0.29) is 11.9 Å². The van der Waals surface area contributed by atoms with E-state index in [1.165, 1.54) is 12.8 Å². The molecule has 0 amide bonds. The Kier molecular flexibility index (Phi) is 6.30. The highest BCUT2D eigenvalue weighted by atomic mass is 79.9. The van der Waals surface area contributed by atoms with Crippen LogP contribution in [0.5, 0.6) is 0 Å². The van der Waals surface area contributed by atoms with Crippen molar-refractivity contribution in [2.24, 2.45) is 11.8 Å². The molecule has 3 heteroatoms. The molecule has 0 aromatic rings. The fourth-order valence-electron chi connectivity index (χ4n) is 1.98. The summed E-state index contributed by atoms with van der Waals surface area (Å²) >= 11 is 3.36. The highest BCUT2D eigenvalue weighted by Crippen LogP contribution is 2.28. The monoisotopic (exact) mass is 276 g/mol. The number of carbonyl (C=O) groups is 1. The lowest BCUT2D eigenvalue weighted by atomic mass is 9.83. The molecule has 1 rings (SSSR count). The van der Waals surface area contributed by atoms with E-state index in [1.54, 1.807) is 0 Å². The van der Waals surface area contributed by atoms with E-state index >= 15 is 0 Å². The number of hydrogen-bond acceptors (Lipinski definition) is 2. The summed E-state index contributed by atoms with van der Waals surface area (Å²) in [7, 11) is 0. The number of rotatable bonds is 5. The quantitative estimate of drug-likeness (QED) is 0.436. The molecule has 1 aliphatic rings. The van der Waals surface area contributed by atoms with Gasteiger partial charge in [-0.3, -0.25) is 4.79 Å². The molecule has 0 aliphatic heterocycles. The van der Waals surface area contributed by atoms with Crippen molar-refractivity contribution in [2.45, 2.75) is 45.4 Å². The van der Waals surface area contributed by atoms with E-state index in [2.05, 4.69) is 22.9 Å². The Hall–Kier alpha value is -0.0500. The van der Waals surface area contributed by atoms with Crippen LogP contribution in [0.4, 0.5) is 0 Å². The van der Waals surface area contributed by atoms with Crippen LogP contribution in [-0.2, 0) is 9.53 Å². The average molecular weight is 277 g/mol. The van der Waals surface area contributed by atoms with Gasteiger partial charge in [-0.2, -0.15) is 0 Å². The van der Waals surface area contributed by atoms with Crippen molar-refractivity contribution in [3.05, 3.63) is 0 Å². The number of ether oxygens (including phenoxy) is 1. The fourth-order valence-corrected chi connectivity index (χ4v) is 2.38. The lowest BCUT2D eigenvalue weighted by Crippen LogP contribution is -2.23. The van der Waals surface area contributed by atoms with Crippen LogP contribution in [0.2, 0.25) is 0 Å². The van der Waals surface area contributed by atoms with Crippen molar-refractivity contribution in [1.82, 2.24) is 0 Å². The average Bonchev–Trinajstić information content (AvgIpc) is 2.25. The summed E-state index contributed by atoms with van der Waals surface area (Å²) in [6.45, 7) is 2.86. The minimum atomic E-state index is 0.0384. The molecule has 0 bridgehead atoms. The standard InChI is InChI=1S/C12H21BrO2/c1-10-4-6-11(7-5-10)12(14)15-9-3-2-8-13/h10-11H,2-9H2,1H3. The van der Waals surface area contributed by atoms with Crippen molar-refractivity contribution in [3.8, 4) is 0 Å². The van der Waals surface area contributed by atoms with E-state index in [0.29, 0.717) is 6.61 Å². The molecule has 15 heavy (non-hydrogen) atoms. The van der Waals surface area contributed by atoms with Gasteiger partial charge in [-0.25, -0.2) is 0 Å².